The summed E-state index contributed by atoms with van der Waals surface area (Å²) in [5.41, 5.74) is 5.46. The molecule has 1 aromatic rings. The van der Waals surface area contributed by atoms with Gasteiger partial charge in [0.2, 0.25) is 17.8 Å². The van der Waals surface area contributed by atoms with Gasteiger partial charge < -0.3 is 21.1 Å². The Labute approximate surface area is 99.0 Å². The molecule has 1 aromatic heterocycles. The van der Waals surface area contributed by atoms with Gasteiger partial charge in [0.1, 0.15) is 6.04 Å². The maximum Gasteiger partial charge on any atom is 0.322 e. The SMILES string of the molecule is CCNC(=O)C(C)Nc1nc(N)nc(OC)n1. The second-order valence-electron chi connectivity index (χ2n) is 3.26. The molecule has 0 aliphatic heterocycles. The maximum absolute atomic E-state index is 11.5. The van der Waals surface area contributed by atoms with Gasteiger partial charge in [-0.3, -0.25) is 4.79 Å². The van der Waals surface area contributed by atoms with E-state index in [2.05, 4.69) is 25.6 Å². The standard InChI is InChI=1S/C9H16N6O2/c1-4-11-6(16)5(2)12-8-13-7(10)14-9(15-8)17-3/h5H,4H2,1-3H3,(H,11,16)(H3,10,12,13,14,15). The molecule has 1 rings (SSSR count). The first-order valence-corrected chi connectivity index (χ1v) is 5.16. The topological polar surface area (TPSA) is 115 Å². The largest absolute Gasteiger partial charge is 0.467 e. The molecule has 8 heteroatoms. The number of carbonyl (C=O) groups excluding carboxylic acids is 1. The predicted molar refractivity (Wildman–Crippen MR) is 62.6 cm³/mol. The fraction of sp³-hybridized carbons (Fsp3) is 0.556. The highest BCUT2D eigenvalue weighted by atomic mass is 16.5. The van der Waals surface area contributed by atoms with Gasteiger partial charge in [0.15, 0.2) is 0 Å². The Morgan fingerprint density at radius 3 is 2.76 bits per heavy atom. The van der Waals surface area contributed by atoms with E-state index in [9.17, 15) is 4.79 Å². The first kappa shape index (κ1) is 12.9. The normalized spacial score (nSPS) is 11.7. The van der Waals surface area contributed by atoms with E-state index in [1.54, 1.807) is 6.92 Å². The Morgan fingerprint density at radius 1 is 1.47 bits per heavy atom. The van der Waals surface area contributed by atoms with Crippen molar-refractivity contribution in [2.24, 2.45) is 0 Å². The fourth-order valence-corrected chi connectivity index (χ4v) is 1.11. The van der Waals surface area contributed by atoms with E-state index in [0.29, 0.717) is 6.54 Å². The molecule has 0 spiro atoms. The number of likely N-dealkylation sites (N-methyl/N-ethyl adjacent to an activating group) is 1. The number of ether oxygens (including phenoxy) is 1. The molecule has 94 valence electrons. The van der Waals surface area contributed by atoms with Crippen molar-refractivity contribution in [2.75, 3.05) is 24.7 Å². The van der Waals surface area contributed by atoms with Gasteiger partial charge in [-0.15, -0.1) is 0 Å². The smallest absolute Gasteiger partial charge is 0.322 e. The number of aromatic nitrogens is 3. The molecule has 0 aromatic carbocycles. The lowest BCUT2D eigenvalue weighted by Crippen LogP contribution is -2.37. The molecular formula is C9H16N6O2. The summed E-state index contributed by atoms with van der Waals surface area (Å²) in [6.45, 7) is 4.10. The molecule has 0 radical (unpaired) electrons. The minimum Gasteiger partial charge on any atom is -0.467 e. The summed E-state index contributed by atoms with van der Waals surface area (Å²) in [6.07, 6.45) is 0. The van der Waals surface area contributed by atoms with Crippen LogP contribution < -0.4 is 21.1 Å². The molecule has 1 amide bonds. The fourth-order valence-electron chi connectivity index (χ4n) is 1.11. The van der Waals surface area contributed by atoms with E-state index < -0.39 is 6.04 Å². The Kier molecular flexibility index (Phi) is 4.44. The van der Waals surface area contributed by atoms with Gasteiger partial charge in [0.25, 0.3) is 0 Å². The lowest BCUT2D eigenvalue weighted by Gasteiger charge is -2.13. The summed E-state index contributed by atoms with van der Waals surface area (Å²) in [4.78, 5) is 23.0. The Balaban J connectivity index is 2.73. The summed E-state index contributed by atoms with van der Waals surface area (Å²) in [7, 11) is 1.42. The van der Waals surface area contributed by atoms with Crippen molar-refractivity contribution in [2.45, 2.75) is 19.9 Å². The van der Waals surface area contributed by atoms with Crippen LogP contribution in [0.5, 0.6) is 6.01 Å². The van der Waals surface area contributed by atoms with E-state index in [-0.39, 0.29) is 23.8 Å². The Bertz CT molecular complexity index is 397. The molecule has 0 saturated heterocycles. The van der Waals surface area contributed by atoms with Crippen LogP contribution in [0.3, 0.4) is 0 Å². The lowest BCUT2D eigenvalue weighted by molar-refractivity contribution is -0.121. The van der Waals surface area contributed by atoms with Crippen molar-refractivity contribution in [1.82, 2.24) is 20.3 Å². The zero-order valence-corrected chi connectivity index (χ0v) is 10.0. The third-order valence-electron chi connectivity index (χ3n) is 1.90. The highest BCUT2D eigenvalue weighted by molar-refractivity contribution is 5.83. The van der Waals surface area contributed by atoms with Crippen molar-refractivity contribution in [3.63, 3.8) is 0 Å². The average molecular weight is 240 g/mol. The van der Waals surface area contributed by atoms with Crippen molar-refractivity contribution >= 4 is 17.8 Å². The van der Waals surface area contributed by atoms with Gasteiger partial charge in [-0.25, -0.2) is 0 Å². The number of anilines is 2. The molecule has 1 atom stereocenters. The molecule has 0 saturated carbocycles. The molecule has 0 aliphatic rings. The molecule has 4 N–H and O–H groups in total. The van der Waals surface area contributed by atoms with Crippen LogP contribution in [0.1, 0.15) is 13.8 Å². The van der Waals surface area contributed by atoms with E-state index in [0.717, 1.165) is 0 Å². The first-order chi connectivity index (χ1) is 8.06. The minimum absolute atomic E-state index is 0.0300. The summed E-state index contributed by atoms with van der Waals surface area (Å²) >= 11 is 0. The van der Waals surface area contributed by atoms with Gasteiger partial charge in [0, 0.05) is 6.54 Å². The highest BCUT2D eigenvalue weighted by Gasteiger charge is 2.14. The van der Waals surface area contributed by atoms with Crippen LogP contribution in [-0.2, 0) is 4.79 Å². The number of nitrogen functional groups attached to an aromatic ring is 1. The van der Waals surface area contributed by atoms with Crippen LogP contribution in [0, 0.1) is 0 Å². The average Bonchev–Trinajstić information content (AvgIpc) is 2.28. The molecule has 1 unspecified atom stereocenters. The zero-order chi connectivity index (χ0) is 12.8. The second-order valence-corrected chi connectivity index (χ2v) is 3.26. The van der Waals surface area contributed by atoms with Gasteiger partial charge in [0.05, 0.1) is 7.11 Å². The Morgan fingerprint density at radius 2 is 2.18 bits per heavy atom. The van der Waals surface area contributed by atoms with Crippen molar-refractivity contribution in [3.05, 3.63) is 0 Å². The monoisotopic (exact) mass is 240 g/mol. The van der Waals surface area contributed by atoms with Crippen LogP contribution in [0.2, 0.25) is 0 Å². The van der Waals surface area contributed by atoms with E-state index in [1.807, 2.05) is 6.92 Å². The summed E-state index contributed by atoms with van der Waals surface area (Å²) in [5, 5.41) is 5.48. The van der Waals surface area contributed by atoms with Gasteiger partial charge in [-0.05, 0) is 13.8 Å². The lowest BCUT2D eigenvalue weighted by atomic mass is 10.3. The van der Waals surface area contributed by atoms with Crippen molar-refractivity contribution < 1.29 is 9.53 Å². The number of nitrogens with one attached hydrogen (secondary N) is 2. The van der Waals surface area contributed by atoms with Gasteiger partial charge in [-0.1, -0.05) is 0 Å². The predicted octanol–water partition coefficient (Wildman–Crippen LogP) is -0.601. The first-order valence-electron chi connectivity index (χ1n) is 5.16. The number of rotatable bonds is 5. The second kappa shape index (κ2) is 5.83. The third kappa shape index (κ3) is 3.74. The maximum atomic E-state index is 11.5. The highest BCUT2D eigenvalue weighted by Crippen LogP contribution is 2.08. The molecule has 0 bridgehead atoms. The zero-order valence-electron chi connectivity index (χ0n) is 10.0. The van der Waals surface area contributed by atoms with Crippen molar-refractivity contribution in [3.8, 4) is 6.01 Å². The quantitative estimate of drug-likeness (QED) is 0.629. The van der Waals surface area contributed by atoms with Crippen LogP contribution in [0.4, 0.5) is 11.9 Å². The molecule has 1 heterocycles. The Hall–Kier alpha value is -2.12. The van der Waals surface area contributed by atoms with Crippen LogP contribution in [0.15, 0.2) is 0 Å². The number of nitrogens with two attached hydrogens (primary N) is 1. The van der Waals surface area contributed by atoms with Gasteiger partial charge in [-0.2, -0.15) is 15.0 Å². The van der Waals surface area contributed by atoms with E-state index in [1.165, 1.54) is 7.11 Å². The molecule has 0 fully saturated rings. The van der Waals surface area contributed by atoms with E-state index >= 15 is 0 Å². The summed E-state index contributed by atoms with van der Waals surface area (Å²) in [5.74, 6) is 0.0843. The van der Waals surface area contributed by atoms with Crippen molar-refractivity contribution in [1.29, 1.82) is 0 Å². The number of nitrogens with zero attached hydrogens (tertiary/aromatic N) is 3. The van der Waals surface area contributed by atoms with Crippen LogP contribution >= 0.6 is 0 Å². The van der Waals surface area contributed by atoms with E-state index in [4.69, 9.17) is 10.5 Å². The summed E-state index contributed by atoms with van der Waals surface area (Å²) in [6, 6.07) is -0.371. The number of hydrogen-bond donors (Lipinski definition) is 3. The summed E-state index contributed by atoms with van der Waals surface area (Å²) < 4.78 is 4.84. The molecular weight excluding hydrogens is 224 g/mol. The van der Waals surface area contributed by atoms with Gasteiger partial charge >= 0.3 is 6.01 Å². The van der Waals surface area contributed by atoms with Crippen LogP contribution in [0.25, 0.3) is 0 Å². The minimum atomic E-state index is -0.471. The van der Waals surface area contributed by atoms with Crippen LogP contribution in [-0.4, -0.2) is 40.6 Å². The molecule has 17 heavy (non-hydrogen) atoms. The number of carbonyl (C=O) groups is 1. The molecule has 8 nitrogen and oxygen atoms in total. The number of amides is 1. The molecule has 0 aliphatic carbocycles. The number of hydrogen-bond acceptors (Lipinski definition) is 7. The third-order valence-corrected chi connectivity index (χ3v) is 1.90. The number of methoxy groups -OCH3 is 1.